The molecular weight excluding hydrogens is 470 g/mol. The highest BCUT2D eigenvalue weighted by atomic mass is 16.5. The molecule has 1 heterocycles. The molecule has 206 valence electrons. The van der Waals surface area contributed by atoms with E-state index in [-0.39, 0.29) is 6.10 Å². The van der Waals surface area contributed by atoms with E-state index in [1.165, 1.54) is 16.7 Å². The summed E-state index contributed by atoms with van der Waals surface area (Å²) in [5.74, 6) is 2.70. The van der Waals surface area contributed by atoms with Crippen LogP contribution in [0.15, 0.2) is 36.4 Å². The van der Waals surface area contributed by atoms with Gasteiger partial charge < -0.3 is 14.4 Å². The molecule has 5 nitrogen and oxygen atoms in total. The van der Waals surface area contributed by atoms with Crippen LogP contribution in [-0.2, 0) is 19.4 Å². The van der Waals surface area contributed by atoms with Crippen molar-refractivity contribution in [2.75, 3.05) is 19.6 Å². The van der Waals surface area contributed by atoms with Gasteiger partial charge in [0.25, 0.3) is 0 Å². The number of aromatic nitrogens is 2. The molecule has 5 heteroatoms. The van der Waals surface area contributed by atoms with E-state index in [1.807, 2.05) is 6.92 Å². The maximum atomic E-state index is 6.58. The van der Waals surface area contributed by atoms with Crippen LogP contribution in [0.1, 0.15) is 87.9 Å². The van der Waals surface area contributed by atoms with Gasteiger partial charge in [-0.1, -0.05) is 71.9 Å². The van der Waals surface area contributed by atoms with E-state index in [9.17, 15) is 0 Å². The number of nitrogens with zero attached hydrogens (tertiary/aromatic N) is 3. The van der Waals surface area contributed by atoms with Crippen molar-refractivity contribution in [2.24, 2.45) is 0 Å². The summed E-state index contributed by atoms with van der Waals surface area (Å²) in [6, 6.07) is 13.0. The van der Waals surface area contributed by atoms with Gasteiger partial charge >= 0.3 is 0 Å². The zero-order chi connectivity index (χ0) is 27.8. The number of hydrogen-bond acceptors (Lipinski definition) is 5. The molecule has 0 amide bonds. The number of ether oxygens (including phenoxy) is 2. The molecule has 0 radical (unpaired) electrons. The summed E-state index contributed by atoms with van der Waals surface area (Å²) in [4.78, 5) is 12.5. The van der Waals surface area contributed by atoms with E-state index < -0.39 is 0 Å². The first kappa shape index (κ1) is 29.6. The van der Waals surface area contributed by atoms with Gasteiger partial charge in [-0.3, -0.25) is 0 Å². The first-order valence-corrected chi connectivity index (χ1v) is 14.3. The Balaban J connectivity index is 2.05. The Bertz CT molecular complexity index is 1180. The second-order valence-corrected chi connectivity index (χ2v) is 10.5. The van der Waals surface area contributed by atoms with Crippen LogP contribution < -0.4 is 9.47 Å². The van der Waals surface area contributed by atoms with Crippen molar-refractivity contribution in [1.82, 2.24) is 14.9 Å². The molecule has 3 aromatic rings. The minimum absolute atomic E-state index is 0.0196. The second kappa shape index (κ2) is 13.7. The highest BCUT2D eigenvalue weighted by molar-refractivity contribution is 5.66. The molecule has 1 aromatic heterocycles. The zero-order valence-electron chi connectivity index (χ0n) is 25.0. The Labute approximate surface area is 230 Å². The van der Waals surface area contributed by atoms with Crippen molar-refractivity contribution in [1.29, 1.82) is 0 Å². The van der Waals surface area contributed by atoms with Gasteiger partial charge in [0.15, 0.2) is 5.82 Å². The fourth-order valence-electron chi connectivity index (χ4n) is 4.83. The van der Waals surface area contributed by atoms with Crippen LogP contribution in [0.3, 0.4) is 0 Å². The molecule has 0 aliphatic rings. The van der Waals surface area contributed by atoms with Crippen LogP contribution in [0.2, 0.25) is 0 Å². The largest absolute Gasteiger partial charge is 0.488 e. The first-order chi connectivity index (χ1) is 18.2. The van der Waals surface area contributed by atoms with Crippen LogP contribution in [0.4, 0.5) is 0 Å². The molecule has 0 aliphatic heterocycles. The fraction of sp³-hybridized carbons (Fsp3) is 0.515. The number of rotatable bonds is 13. The van der Waals surface area contributed by atoms with E-state index >= 15 is 0 Å². The Morgan fingerprint density at radius 3 is 2.11 bits per heavy atom. The lowest BCUT2D eigenvalue weighted by Gasteiger charge is -2.25. The Morgan fingerprint density at radius 2 is 1.53 bits per heavy atom. The molecule has 0 aliphatic carbocycles. The summed E-state index contributed by atoms with van der Waals surface area (Å²) in [6.45, 7) is 22.6. The third-order valence-electron chi connectivity index (χ3n) is 7.37. The molecule has 1 unspecified atom stereocenters. The molecule has 1 atom stereocenters. The summed E-state index contributed by atoms with van der Waals surface area (Å²) in [7, 11) is 0. The van der Waals surface area contributed by atoms with Gasteiger partial charge in [-0.2, -0.15) is 4.98 Å². The zero-order valence-corrected chi connectivity index (χ0v) is 25.0. The van der Waals surface area contributed by atoms with Gasteiger partial charge in [0, 0.05) is 12.1 Å². The molecular formula is C33H47N3O2. The van der Waals surface area contributed by atoms with Crippen molar-refractivity contribution < 1.29 is 9.47 Å². The molecule has 3 rings (SSSR count). The summed E-state index contributed by atoms with van der Waals surface area (Å²) in [5.41, 5.74) is 7.84. The average molecular weight is 518 g/mol. The minimum atomic E-state index is -0.0196. The van der Waals surface area contributed by atoms with Crippen molar-refractivity contribution in [3.63, 3.8) is 0 Å². The smallest absolute Gasteiger partial charge is 0.224 e. The molecule has 0 spiro atoms. The van der Waals surface area contributed by atoms with Gasteiger partial charge in [0.05, 0.1) is 11.3 Å². The molecule has 0 bridgehead atoms. The Kier molecular flexibility index (Phi) is 10.7. The lowest BCUT2D eigenvalue weighted by atomic mass is 9.96. The summed E-state index contributed by atoms with van der Waals surface area (Å²) < 4.78 is 13.0. The van der Waals surface area contributed by atoms with Gasteiger partial charge in [-0.15, -0.1) is 0 Å². The molecule has 0 saturated carbocycles. The summed E-state index contributed by atoms with van der Waals surface area (Å²) >= 11 is 0. The maximum Gasteiger partial charge on any atom is 0.224 e. The standard InChI is InChI=1S/C33H47N3O2/c1-10-26-15-14-16-27(11-2)31(26)32-34-25(9)29(33(35-32)38-24(8)20-36(12-3)13-4)21-37-30-19-28(22(5)6)18-17-23(30)7/h14-19,22,24H,10-13,20-21H2,1-9H3. The fourth-order valence-corrected chi connectivity index (χ4v) is 4.83. The SMILES string of the molecule is CCc1cccc(CC)c1-c1nc(C)c(COc2cc(C(C)C)ccc2C)c(OC(C)CN(CC)CC)n1. The quantitative estimate of drug-likeness (QED) is 0.232. The number of benzene rings is 2. The van der Waals surface area contributed by atoms with E-state index in [0.717, 1.165) is 66.4 Å². The third kappa shape index (κ3) is 7.13. The van der Waals surface area contributed by atoms with E-state index in [4.69, 9.17) is 19.4 Å². The van der Waals surface area contributed by atoms with Crippen LogP contribution in [-0.4, -0.2) is 40.6 Å². The monoisotopic (exact) mass is 517 g/mol. The highest BCUT2D eigenvalue weighted by Gasteiger charge is 2.21. The third-order valence-corrected chi connectivity index (χ3v) is 7.37. The van der Waals surface area contributed by atoms with Crippen LogP contribution in [0.5, 0.6) is 11.6 Å². The average Bonchev–Trinajstić information content (AvgIpc) is 2.91. The van der Waals surface area contributed by atoms with Crippen molar-refractivity contribution >= 4 is 0 Å². The van der Waals surface area contributed by atoms with E-state index in [2.05, 4.69) is 96.7 Å². The van der Waals surface area contributed by atoms with Crippen LogP contribution >= 0.6 is 0 Å². The van der Waals surface area contributed by atoms with Crippen molar-refractivity contribution in [3.8, 4) is 23.0 Å². The lowest BCUT2D eigenvalue weighted by molar-refractivity contribution is 0.144. The molecule has 0 fully saturated rings. The van der Waals surface area contributed by atoms with Gasteiger partial charge in [-0.25, -0.2) is 4.98 Å². The molecule has 0 saturated heterocycles. The molecule has 0 N–H and O–H groups in total. The minimum Gasteiger partial charge on any atom is -0.488 e. The number of likely N-dealkylation sites (N-methyl/N-ethyl adjacent to an activating group) is 1. The van der Waals surface area contributed by atoms with Crippen molar-refractivity contribution in [3.05, 3.63) is 69.9 Å². The van der Waals surface area contributed by atoms with E-state index in [0.29, 0.717) is 18.4 Å². The Hall–Kier alpha value is -2.92. The topological polar surface area (TPSA) is 47.5 Å². The van der Waals surface area contributed by atoms with Crippen molar-refractivity contribution in [2.45, 2.75) is 93.8 Å². The number of hydrogen-bond donors (Lipinski definition) is 0. The summed E-state index contributed by atoms with van der Waals surface area (Å²) in [5, 5.41) is 0. The highest BCUT2D eigenvalue weighted by Crippen LogP contribution is 2.32. The predicted molar refractivity (Wildman–Crippen MR) is 158 cm³/mol. The number of aryl methyl sites for hydroxylation is 4. The summed E-state index contributed by atoms with van der Waals surface area (Å²) in [6.07, 6.45) is 1.83. The molecule has 2 aromatic carbocycles. The predicted octanol–water partition coefficient (Wildman–Crippen LogP) is 7.70. The van der Waals surface area contributed by atoms with Crippen LogP contribution in [0, 0.1) is 13.8 Å². The van der Waals surface area contributed by atoms with Crippen LogP contribution in [0.25, 0.3) is 11.4 Å². The van der Waals surface area contributed by atoms with Gasteiger partial charge in [0.2, 0.25) is 5.88 Å². The second-order valence-electron chi connectivity index (χ2n) is 10.5. The Morgan fingerprint density at radius 1 is 0.868 bits per heavy atom. The molecule has 38 heavy (non-hydrogen) atoms. The normalized spacial score (nSPS) is 12.3. The first-order valence-electron chi connectivity index (χ1n) is 14.3. The lowest BCUT2D eigenvalue weighted by Crippen LogP contribution is -2.34. The maximum absolute atomic E-state index is 6.58. The van der Waals surface area contributed by atoms with E-state index in [1.54, 1.807) is 0 Å². The van der Waals surface area contributed by atoms with Gasteiger partial charge in [0.1, 0.15) is 18.5 Å². The van der Waals surface area contributed by atoms with Gasteiger partial charge in [-0.05, 0) is 80.9 Å².